The zero-order valence-electron chi connectivity index (χ0n) is 9.61. The number of carbonyl (C=O) groups excluding carboxylic acids is 2. The molecule has 2 rings (SSSR count). The number of rotatable bonds is 2. The third-order valence-electron chi connectivity index (χ3n) is 2.45. The molecule has 0 aromatic carbocycles. The summed E-state index contributed by atoms with van der Waals surface area (Å²) in [6, 6.07) is 0. The standard InChI is InChI=1S/C8H10N2O2.C2HF3O2/c11-7-1-2-8(12)10(7)5-6-3-9-4-6;3-2(4,5)1(6)7/h1-2,6,9H,3-5H2;(H,6,7). The lowest BCUT2D eigenvalue weighted by atomic mass is 10.0. The minimum Gasteiger partial charge on any atom is -0.475 e. The molecule has 0 aromatic heterocycles. The van der Waals surface area contributed by atoms with Gasteiger partial charge in [0.05, 0.1) is 0 Å². The molecule has 1 saturated heterocycles. The van der Waals surface area contributed by atoms with Crippen molar-refractivity contribution in [3.8, 4) is 0 Å². The van der Waals surface area contributed by atoms with Gasteiger partial charge < -0.3 is 10.4 Å². The van der Waals surface area contributed by atoms with Gasteiger partial charge >= 0.3 is 12.1 Å². The number of imide groups is 1. The molecule has 1 fully saturated rings. The fourth-order valence-corrected chi connectivity index (χ4v) is 1.35. The molecule has 0 atom stereocenters. The van der Waals surface area contributed by atoms with Crippen molar-refractivity contribution < 1.29 is 32.7 Å². The first kappa shape index (κ1) is 15.2. The van der Waals surface area contributed by atoms with E-state index in [4.69, 9.17) is 9.90 Å². The van der Waals surface area contributed by atoms with Crippen LogP contribution in [0.4, 0.5) is 13.2 Å². The summed E-state index contributed by atoms with van der Waals surface area (Å²) < 4.78 is 31.7. The number of nitrogens with zero attached hydrogens (tertiary/aromatic N) is 1. The van der Waals surface area contributed by atoms with Crippen LogP contribution in [-0.2, 0) is 14.4 Å². The lowest BCUT2D eigenvalue weighted by Gasteiger charge is -2.30. The third-order valence-corrected chi connectivity index (χ3v) is 2.45. The number of carbonyl (C=O) groups is 3. The van der Waals surface area contributed by atoms with Crippen molar-refractivity contribution in [3.05, 3.63) is 12.2 Å². The van der Waals surface area contributed by atoms with Crippen LogP contribution in [0.3, 0.4) is 0 Å². The summed E-state index contributed by atoms with van der Waals surface area (Å²) >= 11 is 0. The van der Waals surface area contributed by atoms with Gasteiger partial charge in [-0.05, 0) is 0 Å². The van der Waals surface area contributed by atoms with Gasteiger partial charge in [-0.1, -0.05) is 0 Å². The molecule has 2 N–H and O–H groups in total. The third kappa shape index (κ3) is 4.36. The predicted molar refractivity (Wildman–Crippen MR) is 55.9 cm³/mol. The minimum atomic E-state index is -5.08. The fraction of sp³-hybridized carbons (Fsp3) is 0.500. The van der Waals surface area contributed by atoms with Crippen molar-refractivity contribution in [2.75, 3.05) is 19.6 Å². The van der Waals surface area contributed by atoms with E-state index in [1.807, 2.05) is 0 Å². The molecule has 0 bridgehead atoms. The van der Waals surface area contributed by atoms with Gasteiger partial charge in [0, 0.05) is 37.7 Å². The van der Waals surface area contributed by atoms with E-state index < -0.39 is 12.1 Å². The summed E-state index contributed by atoms with van der Waals surface area (Å²) in [5, 5.41) is 10.2. The Hall–Kier alpha value is -1.90. The van der Waals surface area contributed by atoms with Gasteiger partial charge in [0.15, 0.2) is 0 Å². The van der Waals surface area contributed by atoms with Crippen molar-refractivity contribution in [1.82, 2.24) is 10.2 Å². The van der Waals surface area contributed by atoms with E-state index in [0.29, 0.717) is 12.5 Å². The highest BCUT2D eigenvalue weighted by Gasteiger charge is 2.38. The van der Waals surface area contributed by atoms with Crippen LogP contribution >= 0.6 is 0 Å². The van der Waals surface area contributed by atoms with Gasteiger partial charge in [0.1, 0.15) is 0 Å². The van der Waals surface area contributed by atoms with Crippen LogP contribution in [0.2, 0.25) is 0 Å². The van der Waals surface area contributed by atoms with Crippen molar-refractivity contribution in [1.29, 1.82) is 0 Å². The van der Waals surface area contributed by atoms with Gasteiger partial charge in [-0.3, -0.25) is 14.5 Å². The first-order valence-corrected chi connectivity index (χ1v) is 5.26. The summed E-state index contributed by atoms with van der Waals surface area (Å²) in [7, 11) is 0. The van der Waals surface area contributed by atoms with Crippen molar-refractivity contribution in [2.24, 2.45) is 5.92 Å². The van der Waals surface area contributed by atoms with Gasteiger partial charge in [0.25, 0.3) is 11.8 Å². The Kier molecular flexibility index (Phi) is 4.65. The molecule has 19 heavy (non-hydrogen) atoms. The molecule has 0 aromatic rings. The zero-order chi connectivity index (χ0) is 14.6. The van der Waals surface area contributed by atoms with Crippen molar-refractivity contribution >= 4 is 17.8 Å². The molecule has 0 unspecified atom stereocenters. The lowest BCUT2D eigenvalue weighted by molar-refractivity contribution is -0.192. The predicted octanol–water partition coefficient (Wildman–Crippen LogP) is -0.236. The van der Waals surface area contributed by atoms with E-state index in [-0.39, 0.29) is 11.8 Å². The van der Waals surface area contributed by atoms with Gasteiger partial charge in [-0.15, -0.1) is 0 Å². The Bertz CT molecular complexity index is 397. The summed E-state index contributed by atoms with van der Waals surface area (Å²) in [4.78, 5) is 32.3. The molecule has 6 nitrogen and oxygen atoms in total. The second kappa shape index (κ2) is 5.83. The molecule has 2 aliphatic heterocycles. The molecule has 2 heterocycles. The van der Waals surface area contributed by atoms with Gasteiger partial charge in [-0.2, -0.15) is 13.2 Å². The zero-order valence-corrected chi connectivity index (χ0v) is 9.61. The smallest absolute Gasteiger partial charge is 0.475 e. The van der Waals surface area contributed by atoms with E-state index >= 15 is 0 Å². The number of alkyl halides is 3. The maximum absolute atomic E-state index is 11.1. The number of hydrogen-bond acceptors (Lipinski definition) is 4. The van der Waals surface area contributed by atoms with Crippen LogP contribution < -0.4 is 5.32 Å². The topological polar surface area (TPSA) is 86.7 Å². The average molecular weight is 280 g/mol. The molecule has 2 aliphatic rings. The summed E-state index contributed by atoms with van der Waals surface area (Å²) in [5.74, 6) is -2.65. The van der Waals surface area contributed by atoms with Crippen LogP contribution in [0, 0.1) is 5.92 Å². The molecule has 9 heteroatoms. The largest absolute Gasteiger partial charge is 0.490 e. The van der Waals surface area contributed by atoms with Crippen LogP contribution in [0.25, 0.3) is 0 Å². The maximum atomic E-state index is 11.1. The first-order chi connectivity index (χ1) is 8.71. The second-order valence-electron chi connectivity index (χ2n) is 3.95. The maximum Gasteiger partial charge on any atom is 0.490 e. The highest BCUT2D eigenvalue weighted by atomic mass is 19.4. The monoisotopic (exact) mass is 280 g/mol. The summed E-state index contributed by atoms with van der Waals surface area (Å²) in [6.45, 7) is 2.39. The van der Waals surface area contributed by atoms with E-state index in [2.05, 4.69) is 5.32 Å². The molecule has 106 valence electrons. The molecular formula is C10H11F3N2O4. The number of halogens is 3. The van der Waals surface area contributed by atoms with E-state index in [0.717, 1.165) is 13.1 Å². The molecule has 0 aliphatic carbocycles. The molecule has 0 spiro atoms. The average Bonchev–Trinajstić information content (AvgIpc) is 2.53. The van der Waals surface area contributed by atoms with E-state index in [1.54, 1.807) is 0 Å². The van der Waals surface area contributed by atoms with Crippen LogP contribution in [-0.4, -0.2) is 53.6 Å². The summed E-state index contributed by atoms with van der Waals surface area (Å²) in [5.41, 5.74) is 0. The number of carboxylic acid groups (broad SMARTS) is 1. The van der Waals surface area contributed by atoms with Crippen LogP contribution in [0.15, 0.2) is 12.2 Å². The Balaban J connectivity index is 0.000000224. The number of amides is 2. The molecule has 2 amide bonds. The van der Waals surface area contributed by atoms with Gasteiger partial charge in [0.2, 0.25) is 0 Å². The van der Waals surface area contributed by atoms with Crippen molar-refractivity contribution in [2.45, 2.75) is 6.18 Å². The number of hydrogen-bond donors (Lipinski definition) is 2. The molecule has 0 saturated carbocycles. The molecular weight excluding hydrogens is 269 g/mol. The lowest BCUT2D eigenvalue weighted by Crippen LogP contribution is -2.49. The normalized spacial score (nSPS) is 19.0. The quantitative estimate of drug-likeness (QED) is 0.682. The van der Waals surface area contributed by atoms with Gasteiger partial charge in [-0.25, -0.2) is 4.79 Å². The first-order valence-electron chi connectivity index (χ1n) is 5.26. The number of carboxylic acids is 1. The van der Waals surface area contributed by atoms with Crippen molar-refractivity contribution in [3.63, 3.8) is 0 Å². The molecule has 0 radical (unpaired) electrons. The fourth-order valence-electron chi connectivity index (χ4n) is 1.35. The Morgan fingerprint density at radius 2 is 1.74 bits per heavy atom. The highest BCUT2D eigenvalue weighted by molar-refractivity contribution is 6.12. The Morgan fingerprint density at radius 3 is 2.00 bits per heavy atom. The summed E-state index contributed by atoms with van der Waals surface area (Å²) in [6.07, 6.45) is -2.43. The minimum absolute atomic E-state index is 0.174. The number of aliphatic carboxylic acids is 1. The van der Waals surface area contributed by atoms with Crippen LogP contribution in [0.1, 0.15) is 0 Å². The highest BCUT2D eigenvalue weighted by Crippen LogP contribution is 2.13. The second-order valence-corrected chi connectivity index (χ2v) is 3.95. The SMILES string of the molecule is O=C(O)C(F)(F)F.O=C1C=CC(=O)N1CC1CNC1. The van der Waals surface area contributed by atoms with E-state index in [9.17, 15) is 22.8 Å². The Labute approximate surface area is 105 Å². The number of nitrogens with one attached hydrogen (secondary N) is 1. The van der Waals surface area contributed by atoms with Crippen LogP contribution in [0.5, 0.6) is 0 Å². The Morgan fingerprint density at radius 1 is 1.32 bits per heavy atom. The van der Waals surface area contributed by atoms with E-state index in [1.165, 1.54) is 17.1 Å².